The minimum absolute atomic E-state index is 0.0505. The van der Waals surface area contributed by atoms with Crippen LogP contribution in [-0.2, 0) is 11.3 Å². The summed E-state index contributed by atoms with van der Waals surface area (Å²) >= 11 is 0. The quantitative estimate of drug-likeness (QED) is 0.871. The third-order valence-electron chi connectivity index (χ3n) is 4.69. The first-order chi connectivity index (χ1) is 9.90. The van der Waals surface area contributed by atoms with Crippen molar-refractivity contribution in [3.8, 4) is 0 Å². The predicted molar refractivity (Wildman–Crippen MR) is 77.5 cm³/mol. The van der Waals surface area contributed by atoms with Crippen molar-refractivity contribution in [2.75, 3.05) is 0 Å². The average molecular weight is 288 g/mol. The molecule has 2 unspecified atom stereocenters. The van der Waals surface area contributed by atoms with E-state index < -0.39 is 11.9 Å². The van der Waals surface area contributed by atoms with Crippen molar-refractivity contribution in [1.29, 1.82) is 0 Å². The van der Waals surface area contributed by atoms with Crippen LogP contribution >= 0.6 is 0 Å². The van der Waals surface area contributed by atoms with E-state index in [0.29, 0.717) is 0 Å². The molecule has 0 saturated carbocycles. The number of aromatic nitrogens is 1. The molecule has 1 aromatic heterocycles. The molecule has 3 rings (SSSR count). The van der Waals surface area contributed by atoms with Crippen LogP contribution in [0, 0.1) is 11.7 Å². The summed E-state index contributed by atoms with van der Waals surface area (Å²) in [5.74, 6) is -1.60. The van der Waals surface area contributed by atoms with Crippen LogP contribution in [0.3, 0.4) is 0 Å². The molecule has 3 nitrogen and oxygen atoms in total. The molecule has 2 heterocycles. The molecule has 1 aliphatic heterocycles. The second-order valence-electron chi connectivity index (χ2n) is 6.31. The maximum absolute atomic E-state index is 13.9. The molecule has 0 bridgehead atoms. The molecule has 4 heteroatoms. The first-order valence-corrected chi connectivity index (χ1v) is 7.43. The number of benzene rings is 1. The molecule has 21 heavy (non-hydrogen) atoms. The predicted octanol–water partition coefficient (Wildman–Crippen LogP) is 2.78. The third-order valence-corrected chi connectivity index (χ3v) is 4.69. The average Bonchev–Trinajstić information content (AvgIpc) is 2.96. The van der Waals surface area contributed by atoms with Crippen LogP contribution in [0.25, 0.3) is 10.9 Å². The largest absolute Gasteiger partial charge is 0.550 e. The van der Waals surface area contributed by atoms with Gasteiger partial charge < -0.3 is 14.5 Å². The summed E-state index contributed by atoms with van der Waals surface area (Å²) in [6.45, 7) is 6.51. The van der Waals surface area contributed by atoms with Crippen LogP contribution < -0.4 is 5.11 Å². The number of hydrogen-bond donors (Lipinski definition) is 0. The lowest BCUT2D eigenvalue weighted by Crippen LogP contribution is -2.32. The van der Waals surface area contributed by atoms with Gasteiger partial charge in [0, 0.05) is 35.4 Å². The fourth-order valence-corrected chi connectivity index (χ4v) is 3.49. The second kappa shape index (κ2) is 4.86. The lowest BCUT2D eigenvalue weighted by Gasteiger charge is -2.19. The van der Waals surface area contributed by atoms with E-state index in [2.05, 4.69) is 4.57 Å². The summed E-state index contributed by atoms with van der Waals surface area (Å²) in [5, 5.41) is 12.2. The van der Waals surface area contributed by atoms with Crippen LogP contribution in [0.2, 0.25) is 0 Å². The Balaban J connectivity index is 2.19. The van der Waals surface area contributed by atoms with Crippen LogP contribution in [-0.4, -0.2) is 10.5 Å². The first kappa shape index (κ1) is 14.1. The summed E-state index contributed by atoms with van der Waals surface area (Å²) in [6, 6.07) is 5.18. The molecule has 0 spiro atoms. The summed E-state index contributed by atoms with van der Waals surface area (Å²) in [4.78, 5) is 11.2. The van der Waals surface area contributed by atoms with Gasteiger partial charge in [-0.15, -0.1) is 0 Å². The number of nitrogens with zero attached hydrogens (tertiary/aromatic N) is 1. The molecule has 0 radical (unpaired) electrons. The highest BCUT2D eigenvalue weighted by Crippen LogP contribution is 2.40. The van der Waals surface area contributed by atoms with E-state index in [0.717, 1.165) is 35.1 Å². The minimum atomic E-state index is -1.02. The van der Waals surface area contributed by atoms with Gasteiger partial charge in [-0.3, -0.25) is 0 Å². The van der Waals surface area contributed by atoms with E-state index in [1.807, 2.05) is 19.9 Å². The number of carbonyl (C=O) groups excluding carboxylic acids is 1. The summed E-state index contributed by atoms with van der Waals surface area (Å²) in [5.41, 5.74) is 2.85. The maximum Gasteiger partial charge on any atom is 0.125 e. The normalized spacial score (nSPS) is 19.2. The number of fused-ring (bicyclic) bond motifs is 3. The van der Waals surface area contributed by atoms with E-state index >= 15 is 0 Å². The van der Waals surface area contributed by atoms with Gasteiger partial charge in [0.1, 0.15) is 5.82 Å². The minimum Gasteiger partial charge on any atom is -0.550 e. The van der Waals surface area contributed by atoms with Crippen LogP contribution in [0.4, 0.5) is 4.39 Å². The van der Waals surface area contributed by atoms with E-state index in [9.17, 15) is 14.3 Å². The third kappa shape index (κ3) is 2.13. The lowest BCUT2D eigenvalue weighted by atomic mass is 9.89. The number of aliphatic carboxylic acids is 1. The van der Waals surface area contributed by atoms with Crippen molar-refractivity contribution in [2.45, 2.75) is 45.6 Å². The molecule has 0 fully saturated rings. The molecule has 112 valence electrons. The van der Waals surface area contributed by atoms with Gasteiger partial charge in [0.05, 0.1) is 5.52 Å². The maximum atomic E-state index is 13.9. The highest BCUT2D eigenvalue weighted by molar-refractivity contribution is 5.86. The van der Waals surface area contributed by atoms with Gasteiger partial charge in [-0.1, -0.05) is 20.8 Å². The van der Waals surface area contributed by atoms with Crippen LogP contribution in [0.1, 0.15) is 50.3 Å². The van der Waals surface area contributed by atoms with E-state index in [-0.39, 0.29) is 17.7 Å². The topological polar surface area (TPSA) is 45.1 Å². The SMILES string of the molecule is CC(C)c1cc(F)cc2c1cc1n2CCC1C(C)C(=O)[O-]. The zero-order valence-corrected chi connectivity index (χ0v) is 12.5. The Labute approximate surface area is 123 Å². The van der Waals surface area contributed by atoms with E-state index in [1.54, 1.807) is 19.1 Å². The zero-order valence-electron chi connectivity index (χ0n) is 12.5. The van der Waals surface area contributed by atoms with Crippen LogP contribution in [0.15, 0.2) is 18.2 Å². The molecule has 2 atom stereocenters. The smallest absolute Gasteiger partial charge is 0.125 e. The molecule has 1 aromatic carbocycles. The Morgan fingerprint density at radius 3 is 2.67 bits per heavy atom. The number of hydrogen-bond acceptors (Lipinski definition) is 2. The zero-order chi connectivity index (χ0) is 15.3. The Kier molecular flexibility index (Phi) is 3.27. The molecule has 2 aromatic rings. The molecule has 0 amide bonds. The number of carboxylic acid groups (broad SMARTS) is 1. The van der Waals surface area contributed by atoms with Crippen molar-refractivity contribution >= 4 is 16.9 Å². The molecule has 0 aliphatic carbocycles. The van der Waals surface area contributed by atoms with E-state index in [1.165, 1.54) is 0 Å². The fraction of sp³-hybridized carbons (Fsp3) is 0.471. The van der Waals surface area contributed by atoms with Gasteiger partial charge in [-0.05, 0) is 36.1 Å². The highest BCUT2D eigenvalue weighted by Gasteiger charge is 2.30. The summed E-state index contributed by atoms with van der Waals surface area (Å²) in [6.07, 6.45) is 0.772. The number of carboxylic acids is 1. The van der Waals surface area contributed by atoms with Crippen molar-refractivity contribution in [3.05, 3.63) is 35.3 Å². The standard InChI is InChI=1S/C17H20FNO2/c1-9(2)13-6-11(18)7-15-14(13)8-16-12(4-5-19(15)16)10(3)17(20)21/h6-10,12H,4-5H2,1-3H3,(H,20,21)/p-1. The van der Waals surface area contributed by atoms with E-state index in [4.69, 9.17) is 0 Å². The van der Waals surface area contributed by atoms with Gasteiger partial charge in [-0.25, -0.2) is 4.39 Å². The van der Waals surface area contributed by atoms with Gasteiger partial charge in [0.2, 0.25) is 0 Å². The summed E-state index contributed by atoms with van der Waals surface area (Å²) < 4.78 is 15.9. The number of halogens is 1. The molecule has 1 aliphatic rings. The van der Waals surface area contributed by atoms with Gasteiger partial charge >= 0.3 is 0 Å². The van der Waals surface area contributed by atoms with Crippen LogP contribution in [0.5, 0.6) is 0 Å². The molecular formula is C17H19FNO2-. The van der Waals surface area contributed by atoms with Crippen molar-refractivity contribution in [2.24, 2.45) is 5.92 Å². The first-order valence-electron chi connectivity index (χ1n) is 7.43. The summed E-state index contributed by atoms with van der Waals surface area (Å²) in [7, 11) is 0. The van der Waals surface area contributed by atoms with Crippen molar-refractivity contribution < 1.29 is 14.3 Å². The van der Waals surface area contributed by atoms with Gasteiger partial charge in [-0.2, -0.15) is 0 Å². The second-order valence-corrected chi connectivity index (χ2v) is 6.31. The van der Waals surface area contributed by atoms with Crippen molar-refractivity contribution in [3.63, 3.8) is 0 Å². The number of carbonyl (C=O) groups is 1. The Bertz CT molecular complexity index is 717. The number of aryl methyl sites for hydroxylation is 1. The molecular weight excluding hydrogens is 269 g/mol. The van der Waals surface area contributed by atoms with Gasteiger partial charge in [0.15, 0.2) is 0 Å². The molecule has 0 N–H and O–H groups in total. The molecule has 0 saturated heterocycles. The monoisotopic (exact) mass is 288 g/mol. The Morgan fingerprint density at radius 1 is 1.33 bits per heavy atom. The van der Waals surface area contributed by atoms with Gasteiger partial charge in [0.25, 0.3) is 0 Å². The fourth-order valence-electron chi connectivity index (χ4n) is 3.49. The number of rotatable bonds is 3. The Morgan fingerprint density at radius 2 is 2.05 bits per heavy atom. The lowest BCUT2D eigenvalue weighted by molar-refractivity contribution is -0.311. The highest BCUT2D eigenvalue weighted by atomic mass is 19.1. The van der Waals surface area contributed by atoms with Crippen molar-refractivity contribution in [1.82, 2.24) is 4.57 Å². The Hall–Kier alpha value is -1.84.